The Kier molecular flexibility index (Phi) is 3.28. The monoisotopic (exact) mass is 172 g/mol. The summed E-state index contributed by atoms with van der Waals surface area (Å²) in [6.07, 6.45) is 0.868. The number of hydrogen-bond donors (Lipinski definition) is 0. The van der Waals surface area contributed by atoms with Crippen molar-refractivity contribution in [1.82, 2.24) is 0 Å². The summed E-state index contributed by atoms with van der Waals surface area (Å²) in [5, 5.41) is 0. The standard InChI is InChI=1S/C12H12O/c1-3-7-12(13)11-9-6-5-8-10(11)4-2/h5-6,8-9H,4H2,1-2H3. The van der Waals surface area contributed by atoms with Gasteiger partial charge in [-0.25, -0.2) is 0 Å². The normalized spacial score (nSPS) is 8.77. The second kappa shape index (κ2) is 4.47. The minimum Gasteiger partial charge on any atom is -0.279 e. The molecule has 0 atom stereocenters. The van der Waals surface area contributed by atoms with Crippen LogP contribution in [-0.2, 0) is 6.42 Å². The average Bonchev–Trinajstić information content (AvgIpc) is 2.18. The van der Waals surface area contributed by atoms with Crippen molar-refractivity contribution >= 4 is 5.78 Å². The third-order valence-electron chi connectivity index (χ3n) is 1.88. The summed E-state index contributed by atoms with van der Waals surface area (Å²) < 4.78 is 0. The van der Waals surface area contributed by atoms with Gasteiger partial charge in [0.05, 0.1) is 0 Å². The van der Waals surface area contributed by atoms with Crippen LogP contribution in [0.5, 0.6) is 0 Å². The predicted molar refractivity (Wildman–Crippen MR) is 53.6 cm³/mol. The highest BCUT2D eigenvalue weighted by atomic mass is 16.1. The summed E-state index contributed by atoms with van der Waals surface area (Å²) in [5.74, 6) is 5.08. The number of hydrogen-bond acceptors (Lipinski definition) is 1. The van der Waals surface area contributed by atoms with E-state index in [1.165, 1.54) is 0 Å². The minimum absolute atomic E-state index is 0.0834. The fraction of sp³-hybridized carbons (Fsp3) is 0.250. The van der Waals surface area contributed by atoms with Crippen LogP contribution in [-0.4, -0.2) is 5.78 Å². The van der Waals surface area contributed by atoms with Gasteiger partial charge in [0.15, 0.2) is 0 Å². The van der Waals surface area contributed by atoms with Crippen molar-refractivity contribution < 1.29 is 4.79 Å². The molecule has 0 heterocycles. The van der Waals surface area contributed by atoms with Crippen LogP contribution in [0.1, 0.15) is 29.8 Å². The highest BCUT2D eigenvalue weighted by Gasteiger charge is 2.05. The number of benzene rings is 1. The molecule has 0 amide bonds. The molecule has 0 spiro atoms. The molecule has 66 valence electrons. The lowest BCUT2D eigenvalue weighted by molar-refractivity contribution is 0.105. The van der Waals surface area contributed by atoms with Crippen molar-refractivity contribution in [3.63, 3.8) is 0 Å². The SMILES string of the molecule is CC#CC(=O)c1ccccc1CC. The Labute approximate surface area is 78.8 Å². The van der Waals surface area contributed by atoms with Crippen molar-refractivity contribution in [1.29, 1.82) is 0 Å². The van der Waals surface area contributed by atoms with Crippen LogP contribution in [0, 0.1) is 11.8 Å². The molecule has 1 aromatic rings. The zero-order valence-corrected chi connectivity index (χ0v) is 7.92. The van der Waals surface area contributed by atoms with E-state index >= 15 is 0 Å². The molecular formula is C12H12O. The lowest BCUT2D eigenvalue weighted by Gasteiger charge is -2.01. The molecule has 0 radical (unpaired) electrons. The molecule has 1 heteroatoms. The topological polar surface area (TPSA) is 17.1 Å². The van der Waals surface area contributed by atoms with Crippen LogP contribution in [0.15, 0.2) is 24.3 Å². The lowest BCUT2D eigenvalue weighted by atomic mass is 10.0. The van der Waals surface area contributed by atoms with Gasteiger partial charge in [0.2, 0.25) is 5.78 Å². The maximum Gasteiger partial charge on any atom is 0.236 e. The van der Waals surface area contributed by atoms with Crippen LogP contribution in [0.3, 0.4) is 0 Å². The third kappa shape index (κ3) is 2.19. The van der Waals surface area contributed by atoms with E-state index in [-0.39, 0.29) is 5.78 Å². The van der Waals surface area contributed by atoms with Gasteiger partial charge in [-0.05, 0) is 24.8 Å². The Morgan fingerprint density at radius 3 is 2.69 bits per heavy atom. The van der Waals surface area contributed by atoms with E-state index in [0.717, 1.165) is 17.5 Å². The molecule has 0 aliphatic carbocycles. The second-order valence-electron chi connectivity index (χ2n) is 2.71. The Balaban J connectivity index is 3.10. The first-order valence-electron chi connectivity index (χ1n) is 4.34. The summed E-state index contributed by atoms with van der Waals surface area (Å²) >= 11 is 0. The Morgan fingerprint density at radius 2 is 2.08 bits per heavy atom. The zero-order valence-electron chi connectivity index (χ0n) is 7.92. The quantitative estimate of drug-likeness (QED) is 0.380. The highest BCUT2D eigenvalue weighted by molar-refractivity contribution is 6.09. The van der Waals surface area contributed by atoms with Gasteiger partial charge in [0, 0.05) is 5.56 Å². The molecule has 1 rings (SSSR count). The van der Waals surface area contributed by atoms with E-state index in [1.54, 1.807) is 6.92 Å². The van der Waals surface area contributed by atoms with Gasteiger partial charge >= 0.3 is 0 Å². The first kappa shape index (κ1) is 9.54. The fourth-order valence-electron chi connectivity index (χ4n) is 1.23. The Bertz CT molecular complexity index is 366. The van der Waals surface area contributed by atoms with Crippen LogP contribution in [0.2, 0.25) is 0 Å². The first-order chi connectivity index (χ1) is 6.29. The first-order valence-corrected chi connectivity index (χ1v) is 4.34. The van der Waals surface area contributed by atoms with Crippen LogP contribution in [0.4, 0.5) is 0 Å². The molecule has 0 unspecified atom stereocenters. The van der Waals surface area contributed by atoms with E-state index in [2.05, 4.69) is 11.8 Å². The van der Waals surface area contributed by atoms with E-state index in [0.29, 0.717) is 0 Å². The Morgan fingerprint density at radius 1 is 1.38 bits per heavy atom. The van der Waals surface area contributed by atoms with Gasteiger partial charge in [-0.15, -0.1) is 0 Å². The van der Waals surface area contributed by atoms with Crippen molar-refractivity contribution in [2.75, 3.05) is 0 Å². The molecule has 0 aliphatic heterocycles. The van der Waals surface area contributed by atoms with E-state index in [4.69, 9.17) is 0 Å². The second-order valence-corrected chi connectivity index (χ2v) is 2.71. The number of Topliss-reactive ketones (excluding diaryl/α,β-unsaturated/α-hetero) is 1. The van der Waals surface area contributed by atoms with Crippen LogP contribution >= 0.6 is 0 Å². The van der Waals surface area contributed by atoms with E-state index in [9.17, 15) is 4.79 Å². The van der Waals surface area contributed by atoms with Crippen LogP contribution < -0.4 is 0 Å². The number of carbonyl (C=O) groups is 1. The number of aryl methyl sites for hydroxylation is 1. The van der Waals surface area contributed by atoms with E-state index < -0.39 is 0 Å². The van der Waals surface area contributed by atoms with Gasteiger partial charge in [-0.3, -0.25) is 4.79 Å². The summed E-state index contributed by atoms with van der Waals surface area (Å²) in [6.45, 7) is 3.71. The number of ketones is 1. The largest absolute Gasteiger partial charge is 0.279 e. The molecule has 1 aromatic carbocycles. The summed E-state index contributed by atoms with van der Waals surface area (Å²) in [4.78, 5) is 11.5. The molecule has 0 saturated heterocycles. The smallest absolute Gasteiger partial charge is 0.236 e. The van der Waals surface area contributed by atoms with Gasteiger partial charge in [-0.1, -0.05) is 37.1 Å². The maximum absolute atomic E-state index is 11.5. The van der Waals surface area contributed by atoms with Crippen molar-refractivity contribution in [3.05, 3.63) is 35.4 Å². The molecule has 0 aliphatic rings. The van der Waals surface area contributed by atoms with E-state index in [1.807, 2.05) is 31.2 Å². The third-order valence-corrected chi connectivity index (χ3v) is 1.88. The van der Waals surface area contributed by atoms with Gasteiger partial charge in [-0.2, -0.15) is 0 Å². The molecule has 1 nitrogen and oxygen atoms in total. The van der Waals surface area contributed by atoms with Crippen molar-refractivity contribution in [3.8, 4) is 11.8 Å². The lowest BCUT2D eigenvalue weighted by Crippen LogP contribution is -1.99. The zero-order chi connectivity index (χ0) is 9.68. The van der Waals surface area contributed by atoms with Gasteiger partial charge in [0.25, 0.3) is 0 Å². The summed E-state index contributed by atoms with van der Waals surface area (Å²) in [6, 6.07) is 7.59. The Hall–Kier alpha value is -1.55. The van der Waals surface area contributed by atoms with Crippen molar-refractivity contribution in [2.24, 2.45) is 0 Å². The van der Waals surface area contributed by atoms with Crippen LogP contribution in [0.25, 0.3) is 0 Å². The average molecular weight is 172 g/mol. The molecule has 0 bridgehead atoms. The predicted octanol–water partition coefficient (Wildman–Crippen LogP) is 2.46. The fourth-order valence-corrected chi connectivity index (χ4v) is 1.23. The molecule has 0 aromatic heterocycles. The summed E-state index contributed by atoms with van der Waals surface area (Å²) in [5.41, 5.74) is 1.80. The molecule has 0 fully saturated rings. The molecule has 13 heavy (non-hydrogen) atoms. The maximum atomic E-state index is 11.5. The number of rotatable bonds is 2. The van der Waals surface area contributed by atoms with Gasteiger partial charge < -0.3 is 0 Å². The highest BCUT2D eigenvalue weighted by Crippen LogP contribution is 2.09. The molecular weight excluding hydrogens is 160 g/mol. The molecule has 0 saturated carbocycles. The summed E-state index contributed by atoms with van der Waals surface area (Å²) in [7, 11) is 0. The number of carbonyl (C=O) groups excluding carboxylic acids is 1. The van der Waals surface area contributed by atoms with Crippen molar-refractivity contribution in [2.45, 2.75) is 20.3 Å². The van der Waals surface area contributed by atoms with Gasteiger partial charge in [0.1, 0.15) is 0 Å². The minimum atomic E-state index is -0.0834. The molecule has 0 N–H and O–H groups in total.